The Morgan fingerprint density at radius 1 is 1.00 bits per heavy atom. The maximum atomic E-state index is 12.1. The van der Waals surface area contributed by atoms with Gasteiger partial charge in [0.2, 0.25) is 0 Å². The number of carbonyl (C=O) groups excluding carboxylic acids is 1. The maximum Gasteiger partial charge on any atom is 0.138 e. The molecule has 1 aliphatic heterocycles. The zero-order valence-corrected chi connectivity index (χ0v) is 10.2. The zero-order chi connectivity index (χ0) is 11.2. The van der Waals surface area contributed by atoms with Crippen molar-refractivity contribution in [2.75, 3.05) is 13.2 Å². The van der Waals surface area contributed by atoms with Crippen LogP contribution in [0.5, 0.6) is 0 Å². The van der Waals surface area contributed by atoms with Crippen molar-refractivity contribution in [3.8, 4) is 0 Å². The Kier molecular flexibility index (Phi) is 4.83. The summed E-state index contributed by atoms with van der Waals surface area (Å²) in [5.74, 6) is 1.38. The average molecular weight is 224 g/mol. The first kappa shape index (κ1) is 12.1. The summed E-state index contributed by atoms with van der Waals surface area (Å²) in [7, 11) is 0. The van der Waals surface area contributed by atoms with E-state index in [4.69, 9.17) is 4.74 Å². The predicted octanol–water partition coefficient (Wildman–Crippen LogP) is 3.34. The molecule has 0 aromatic heterocycles. The van der Waals surface area contributed by atoms with Crippen LogP contribution in [-0.2, 0) is 9.53 Å². The van der Waals surface area contributed by atoms with Crippen LogP contribution in [-0.4, -0.2) is 19.0 Å². The summed E-state index contributed by atoms with van der Waals surface area (Å²) in [6.45, 7) is 1.54. The molecule has 0 amide bonds. The third-order valence-corrected chi connectivity index (χ3v) is 4.08. The van der Waals surface area contributed by atoms with Gasteiger partial charge >= 0.3 is 0 Å². The molecule has 0 N–H and O–H groups in total. The molecule has 0 bridgehead atoms. The Labute approximate surface area is 98.7 Å². The lowest BCUT2D eigenvalue weighted by Gasteiger charge is -2.23. The highest BCUT2D eigenvalue weighted by molar-refractivity contribution is 5.81. The molecule has 92 valence electrons. The summed E-state index contributed by atoms with van der Waals surface area (Å²) in [5.41, 5.74) is 0. The summed E-state index contributed by atoms with van der Waals surface area (Å²) in [6, 6.07) is 0. The molecule has 1 unspecified atom stereocenters. The molecule has 2 heteroatoms. The van der Waals surface area contributed by atoms with Gasteiger partial charge in [0.05, 0.1) is 6.61 Å². The quantitative estimate of drug-likeness (QED) is 0.687. The topological polar surface area (TPSA) is 26.3 Å². The van der Waals surface area contributed by atoms with Crippen molar-refractivity contribution in [1.29, 1.82) is 0 Å². The van der Waals surface area contributed by atoms with E-state index in [-0.39, 0.29) is 5.92 Å². The molecular formula is C14H24O2. The Morgan fingerprint density at radius 2 is 1.75 bits per heavy atom. The molecule has 2 fully saturated rings. The second-order valence-corrected chi connectivity index (χ2v) is 5.44. The fourth-order valence-electron chi connectivity index (χ4n) is 3.01. The molecule has 1 saturated heterocycles. The first-order chi connectivity index (χ1) is 7.86. The predicted molar refractivity (Wildman–Crippen MR) is 64.4 cm³/mol. The van der Waals surface area contributed by atoms with Gasteiger partial charge in [-0.3, -0.25) is 4.79 Å². The Hall–Kier alpha value is -0.370. The van der Waals surface area contributed by atoms with Gasteiger partial charge in [0, 0.05) is 18.9 Å². The van der Waals surface area contributed by atoms with Crippen molar-refractivity contribution < 1.29 is 9.53 Å². The summed E-state index contributed by atoms with van der Waals surface area (Å²) in [6.07, 6.45) is 10.9. The maximum absolute atomic E-state index is 12.1. The van der Waals surface area contributed by atoms with Crippen LogP contribution in [0.25, 0.3) is 0 Å². The number of hydrogen-bond acceptors (Lipinski definition) is 2. The number of ketones is 1. The van der Waals surface area contributed by atoms with Gasteiger partial charge in [0.1, 0.15) is 5.78 Å². The molecule has 0 spiro atoms. The molecule has 1 atom stereocenters. The van der Waals surface area contributed by atoms with E-state index >= 15 is 0 Å². The third-order valence-electron chi connectivity index (χ3n) is 4.08. The minimum absolute atomic E-state index is 0.219. The van der Waals surface area contributed by atoms with Crippen LogP contribution in [0.2, 0.25) is 0 Å². The van der Waals surface area contributed by atoms with E-state index in [0.717, 1.165) is 25.9 Å². The number of ether oxygens (including phenoxy) is 1. The molecule has 16 heavy (non-hydrogen) atoms. The second-order valence-electron chi connectivity index (χ2n) is 5.44. The van der Waals surface area contributed by atoms with Gasteiger partial charge < -0.3 is 4.74 Å². The third kappa shape index (κ3) is 3.58. The molecule has 1 heterocycles. The first-order valence-corrected chi connectivity index (χ1v) is 6.96. The van der Waals surface area contributed by atoms with Crippen LogP contribution in [0, 0.1) is 11.8 Å². The molecule has 0 aromatic carbocycles. The van der Waals surface area contributed by atoms with Crippen molar-refractivity contribution in [1.82, 2.24) is 0 Å². The number of hydrogen-bond donors (Lipinski definition) is 0. The lowest BCUT2D eigenvalue weighted by molar-refractivity contribution is -0.127. The standard InChI is InChI=1S/C14H24O2/c15-14(13-8-5-9-16-11-13)10-12-6-3-1-2-4-7-12/h12-13H,1-11H2. The molecule has 2 aliphatic rings. The minimum atomic E-state index is 0.219. The van der Waals surface area contributed by atoms with E-state index in [0.29, 0.717) is 18.3 Å². The number of carbonyl (C=O) groups is 1. The molecule has 1 aliphatic carbocycles. The van der Waals surface area contributed by atoms with E-state index in [1.807, 2.05) is 0 Å². The smallest absolute Gasteiger partial charge is 0.138 e. The average Bonchev–Trinajstić information content (AvgIpc) is 2.59. The van der Waals surface area contributed by atoms with Crippen LogP contribution in [0.4, 0.5) is 0 Å². The van der Waals surface area contributed by atoms with E-state index in [2.05, 4.69) is 0 Å². The largest absolute Gasteiger partial charge is 0.381 e. The van der Waals surface area contributed by atoms with Gasteiger partial charge in [-0.15, -0.1) is 0 Å². The van der Waals surface area contributed by atoms with E-state index < -0.39 is 0 Å². The fourth-order valence-corrected chi connectivity index (χ4v) is 3.01. The van der Waals surface area contributed by atoms with E-state index in [1.54, 1.807) is 0 Å². The first-order valence-electron chi connectivity index (χ1n) is 6.96. The van der Waals surface area contributed by atoms with Crippen molar-refractivity contribution in [2.45, 2.75) is 57.8 Å². The Balaban J connectivity index is 1.76. The normalized spacial score (nSPS) is 28.6. The lowest BCUT2D eigenvalue weighted by atomic mass is 9.87. The second kappa shape index (κ2) is 6.39. The highest BCUT2D eigenvalue weighted by atomic mass is 16.5. The number of rotatable bonds is 3. The highest BCUT2D eigenvalue weighted by Gasteiger charge is 2.24. The van der Waals surface area contributed by atoms with Gasteiger partial charge in [0.25, 0.3) is 0 Å². The monoisotopic (exact) mass is 224 g/mol. The molecular weight excluding hydrogens is 200 g/mol. The van der Waals surface area contributed by atoms with Gasteiger partial charge in [-0.1, -0.05) is 38.5 Å². The molecule has 2 nitrogen and oxygen atoms in total. The number of Topliss-reactive ketones (excluding diaryl/α,β-unsaturated/α-hetero) is 1. The van der Waals surface area contributed by atoms with E-state index in [9.17, 15) is 4.79 Å². The van der Waals surface area contributed by atoms with E-state index in [1.165, 1.54) is 38.5 Å². The summed E-state index contributed by atoms with van der Waals surface area (Å²) in [5, 5.41) is 0. The van der Waals surface area contributed by atoms with Crippen LogP contribution in [0.1, 0.15) is 57.8 Å². The van der Waals surface area contributed by atoms with Crippen LogP contribution in [0.15, 0.2) is 0 Å². The lowest BCUT2D eigenvalue weighted by Crippen LogP contribution is -2.26. The summed E-state index contributed by atoms with van der Waals surface area (Å²) >= 11 is 0. The van der Waals surface area contributed by atoms with Gasteiger partial charge in [-0.2, -0.15) is 0 Å². The van der Waals surface area contributed by atoms with Crippen LogP contribution >= 0.6 is 0 Å². The molecule has 0 radical (unpaired) electrons. The van der Waals surface area contributed by atoms with Crippen LogP contribution in [0.3, 0.4) is 0 Å². The summed E-state index contributed by atoms with van der Waals surface area (Å²) in [4.78, 5) is 12.1. The molecule has 1 saturated carbocycles. The van der Waals surface area contributed by atoms with Gasteiger partial charge in [-0.05, 0) is 18.8 Å². The fraction of sp³-hybridized carbons (Fsp3) is 0.929. The van der Waals surface area contributed by atoms with Crippen molar-refractivity contribution in [2.24, 2.45) is 11.8 Å². The van der Waals surface area contributed by atoms with Crippen LogP contribution < -0.4 is 0 Å². The molecule has 2 rings (SSSR count). The summed E-state index contributed by atoms with van der Waals surface area (Å²) < 4.78 is 5.40. The highest BCUT2D eigenvalue weighted by Crippen LogP contribution is 2.27. The van der Waals surface area contributed by atoms with Crippen molar-refractivity contribution in [3.05, 3.63) is 0 Å². The van der Waals surface area contributed by atoms with Crippen molar-refractivity contribution in [3.63, 3.8) is 0 Å². The van der Waals surface area contributed by atoms with Crippen molar-refractivity contribution >= 4 is 5.78 Å². The van der Waals surface area contributed by atoms with Gasteiger partial charge in [0.15, 0.2) is 0 Å². The SMILES string of the molecule is O=C(CC1CCCCCC1)C1CCCOC1. The zero-order valence-electron chi connectivity index (χ0n) is 10.2. The Morgan fingerprint density at radius 3 is 2.38 bits per heavy atom. The van der Waals surface area contributed by atoms with Gasteiger partial charge in [-0.25, -0.2) is 0 Å². The Bertz CT molecular complexity index is 211. The molecule has 0 aromatic rings. The minimum Gasteiger partial charge on any atom is -0.381 e.